The van der Waals surface area contributed by atoms with E-state index in [-0.39, 0.29) is 11.9 Å². The van der Waals surface area contributed by atoms with Gasteiger partial charge in [-0.1, -0.05) is 6.42 Å². The summed E-state index contributed by atoms with van der Waals surface area (Å²) in [7, 11) is 0. The summed E-state index contributed by atoms with van der Waals surface area (Å²) in [5.74, 6) is -1.82. The van der Waals surface area contributed by atoms with Gasteiger partial charge in [0, 0.05) is 11.6 Å². The van der Waals surface area contributed by atoms with Crippen molar-refractivity contribution in [2.45, 2.75) is 38.2 Å². The molecular weight excluding hydrogens is 343 g/mol. The van der Waals surface area contributed by atoms with Crippen molar-refractivity contribution in [1.29, 1.82) is 0 Å². The van der Waals surface area contributed by atoms with Gasteiger partial charge >= 0.3 is 30.0 Å². The second-order valence-corrected chi connectivity index (χ2v) is 3.86. The summed E-state index contributed by atoms with van der Waals surface area (Å²) in [6.07, 6.45) is 5.30. The Morgan fingerprint density at radius 1 is 1.18 bits per heavy atom. The van der Waals surface area contributed by atoms with Crippen molar-refractivity contribution in [1.82, 2.24) is 0 Å². The van der Waals surface area contributed by atoms with Crippen molar-refractivity contribution in [3.63, 3.8) is 0 Å². The van der Waals surface area contributed by atoms with Gasteiger partial charge in [-0.3, -0.25) is 4.39 Å². The van der Waals surface area contributed by atoms with E-state index in [9.17, 15) is 8.78 Å². The molecule has 0 aromatic heterocycles. The van der Waals surface area contributed by atoms with E-state index in [4.69, 9.17) is 4.74 Å². The molecule has 5 heteroatoms. The van der Waals surface area contributed by atoms with Crippen LogP contribution < -0.4 is 4.74 Å². The molecule has 1 aliphatic rings. The van der Waals surface area contributed by atoms with Crippen LogP contribution in [0.2, 0.25) is 0 Å². The normalized spacial score (nSPS) is 16.1. The van der Waals surface area contributed by atoms with Crippen LogP contribution in [-0.2, 0) is 16.3 Å². The van der Waals surface area contributed by atoms with Gasteiger partial charge in [0.05, 0.1) is 11.9 Å². The number of benzene rings is 1. The summed E-state index contributed by atoms with van der Waals surface area (Å²) in [4.78, 5) is 0. The predicted octanol–water partition coefficient (Wildman–Crippen LogP) is 4.32. The average Bonchev–Trinajstić information content (AvgIpc) is 2.39. The fourth-order valence-electron chi connectivity index (χ4n) is 1.88. The summed E-state index contributed by atoms with van der Waals surface area (Å²) in [6, 6.07) is 4.85. The molecule has 0 unspecified atom stereocenters. The number of hydrogen-bond acceptors (Lipinski definition) is 1. The summed E-state index contributed by atoms with van der Waals surface area (Å²) in [5, 5.41) is 0. The summed E-state index contributed by atoms with van der Waals surface area (Å²) in [6.45, 7) is 0. The minimum atomic E-state index is -0.903. The number of ether oxygens (including phenoxy) is 1. The Morgan fingerprint density at radius 2 is 1.82 bits per heavy atom. The number of rotatable bonds is 2. The van der Waals surface area contributed by atoms with Crippen LogP contribution in [0.15, 0.2) is 12.1 Å². The molecule has 0 aliphatic heterocycles. The van der Waals surface area contributed by atoms with Gasteiger partial charge in [0.2, 0.25) is 0 Å². The molecule has 1 fully saturated rings. The maximum absolute atomic E-state index is 13.2. The van der Waals surface area contributed by atoms with Crippen LogP contribution in [0.4, 0.5) is 8.78 Å². The molecule has 0 N–H and O–H groups in total. The van der Waals surface area contributed by atoms with Crippen molar-refractivity contribution >= 4 is 13.6 Å². The monoisotopic (exact) mass is 354 g/mol. The fourth-order valence-corrected chi connectivity index (χ4v) is 1.88. The van der Waals surface area contributed by atoms with Crippen LogP contribution in [0.1, 0.15) is 32.1 Å². The zero-order valence-corrected chi connectivity index (χ0v) is 14.1. The Balaban J connectivity index is 0.000000686. The third-order valence-electron chi connectivity index (χ3n) is 2.70. The van der Waals surface area contributed by atoms with Crippen LogP contribution >= 0.6 is 13.6 Å². The van der Waals surface area contributed by atoms with E-state index in [0.29, 0.717) is 0 Å². The van der Waals surface area contributed by atoms with Crippen molar-refractivity contribution in [3.05, 3.63) is 29.8 Å². The van der Waals surface area contributed by atoms with Crippen molar-refractivity contribution in [2.24, 2.45) is 0 Å². The van der Waals surface area contributed by atoms with E-state index in [2.05, 4.69) is 19.7 Å². The topological polar surface area (TPSA) is 9.23 Å². The second kappa shape index (κ2) is 8.15. The van der Waals surface area contributed by atoms with Gasteiger partial charge in [-0.05, 0) is 25.7 Å². The molecule has 0 bridgehead atoms. The van der Waals surface area contributed by atoms with Gasteiger partial charge < -0.3 is 4.74 Å². The Morgan fingerprint density at radius 3 is 2.47 bits per heavy atom. The van der Waals surface area contributed by atoms with Crippen molar-refractivity contribution in [2.75, 3.05) is 0 Å². The zero-order chi connectivity index (χ0) is 12.7. The zero-order valence-electron chi connectivity index (χ0n) is 9.52. The van der Waals surface area contributed by atoms with Gasteiger partial charge in [0.15, 0.2) is 0 Å². The molecule has 0 spiro atoms. The predicted molar refractivity (Wildman–Crippen MR) is 61.6 cm³/mol. The molecule has 1 aromatic carbocycles. The molecule has 0 amide bonds. The Kier molecular flexibility index (Phi) is 7.21. The molecule has 90 valence electrons. The van der Waals surface area contributed by atoms with Gasteiger partial charge in [0.25, 0.3) is 0 Å². The fraction of sp³-hybridized carbons (Fsp3) is 0.500. The molecule has 2 rings (SSSR count). The van der Waals surface area contributed by atoms with E-state index in [1.807, 2.05) is 0 Å². The van der Waals surface area contributed by atoms with Gasteiger partial charge in [-0.25, -0.2) is 4.39 Å². The second-order valence-electron chi connectivity index (χ2n) is 3.86. The third-order valence-corrected chi connectivity index (χ3v) is 2.70. The number of hydrogen-bond donors (Lipinski definition) is 0. The minimum absolute atomic E-state index is 0.0121. The summed E-state index contributed by atoms with van der Waals surface area (Å²) in [5.41, 5.74) is 0. The molecule has 1 saturated carbocycles. The van der Waals surface area contributed by atoms with E-state index in [1.54, 1.807) is 0 Å². The van der Waals surface area contributed by atoms with Crippen LogP contribution in [-0.4, -0.2) is 6.10 Å². The van der Waals surface area contributed by atoms with Crippen molar-refractivity contribution in [3.8, 4) is 5.75 Å². The van der Waals surface area contributed by atoms with Crippen molar-refractivity contribution < 1.29 is 29.9 Å². The van der Waals surface area contributed by atoms with Crippen LogP contribution in [0, 0.1) is 17.7 Å². The molecule has 0 radical (unpaired) electrons. The first kappa shape index (κ1) is 15.0. The first-order valence-electron chi connectivity index (χ1n) is 5.56. The van der Waals surface area contributed by atoms with E-state index < -0.39 is 11.6 Å². The van der Waals surface area contributed by atoms with Crippen LogP contribution in [0.3, 0.4) is 0 Å². The molecule has 17 heavy (non-hydrogen) atoms. The van der Waals surface area contributed by atoms with E-state index >= 15 is 0 Å². The molecule has 0 atom stereocenters. The standard InChI is InChI=1S/C12H13F2O.BrH.Zn/c13-10-7-4-8-11(12(10)14)15-9-5-2-1-3-6-9;;/h7-9H,1-3,5-6H2;1H;/q-1;;+2/p-1. The van der Waals surface area contributed by atoms with E-state index in [1.165, 1.54) is 28.8 Å². The third kappa shape index (κ3) is 4.63. The van der Waals surface area contributed by atoms with Gasteiger partial charge in [-0.2, -0.15) is 6.07 Å². The summed E-state index contributed by atoms with van der Waals surface area (Å²) >= 11 is 4.25. The average molecular weight is 357 g/mol. The molecule has 1 aromatic rings. The van der Waals surface area contributed by atoms with Crippen LogP contribution in [0.5, 0.6) is 5.75 Å². The number of halogens is 3. The molecule has 0 saturated heterocycles. The first-order chi connectivity index (χ1) is 8.27. The summed E-state index contributed by atoms with van der Waals surface area (Å²) < 4.78 is 31.5. The molecular formula is C12H13BrF2OZn. The van der Waals surface area contributed by atoms with E-state index in [0.717, 1.165) is 31.7 Å². The SMILES string of the molecule is Fc1c[c-]cc(OC2CCCCC2)c1F.[Zn+][Br]. The van der Waals surface area contributed by atoms with Gasteiger partial charge in [0.1, 0.15) is 0 Å². The molecule has 1 nitrogen and oxygen atoms in total. The molecule has 1 aliphatic carbocycles. The molecule has 0 heterocycles. The first-order valence-corrected chi connectivity index (χ1v) is 12.5. The Bertz CT molecular complexity index is 343. The maximum atomic E-state index is 13.2. The van der Waals surface area contributed by atoms with Gasteiger partial charge in [-0.15, -0.1) is 12.1 Å². The van der Waals surface area contributed by atoms with Crippen LogP contribution in [0.25, 0.3) is 0 Å². The quantitative estimate of drug-likeness (QED) is 0.566. The Hall–Kier alpha value is -0.0166. The Labute approximate surface area is 117 Å².